The Morgan fingerprint density at radius 2 is 1.53 bits per heavy atom. The van der Waals surface area contributed by atoms with E-state index in [0.717, 1.165) is 5.56 Å². The topological polar surface area (TPSA) is 0 Å². The van der Waals surface area contributed by atoms with E-state index in [9.17, 15) is 0 Å². The third kappa shape index (κ3) is 3.42. The van der Waals surface area contributed by atoms with E-state index in [0.29, 0.717) is 4.44 Å². The molecule has 0 aliphatic rings. The van der Waals surface area contributed by atoms with Crippen LogP contribution in [0.15, 0.2) is 42.5 Å². The number of hydrogen-bond donors (Lipinski definition) is 0. The fourth-order valence-electron chi connectivity index (χ4n) is 1.58. The molecule has 0 heterocycles. The molecule has 2 aromatic carbocycles. The molecule has 2 aromatic rings. The first-order valence-electron chi connectivity index (χ1n) is 4.59. The summed E-state index contributed by atoms with van der Waals surface area (Å²) in [5.41, 5.74) is 1.13. The summed E-state index contributed by atoms with van der Waals surface area (Å²) >= 11 is -3.26. The minimum atomic E-state index is -3.26. The van der Waals surface area contributed by atoms with Crippen molar-refractivity contribution in [2.75, 3.05) is 0 Å². The molecule has 0 aromatic heterocycles. The standard InChI is InChI=1S/C11H9.3ClH.Sn/c1-9-6-7-10-4-2-3-5-11(10)8-9;;;;/h2-8H,1H2;3*1H;/q;;;;+3/p-3. The average molecular weight is 366 g/mol. The number of rotatable bonds is 2. The van der Waals surface area contributed by atoms with Gasteiger partial charge in [-0.15, -0.1) is 0 Å². The molecule has 0 atom stereocenters. The van der Waals surface area contributed by atoms with Crippen LogP contribution in [0.5, 0.6) is 0 Å². The maximum atomic E-state index is 5.96. The quantitative estimate of drug-likeness (QED) is 0.683. The molecule has 0 radical (unpaired) electrons. The van der Waals surface area contributed by atoms with Gasteiger partial charge in [-0.25, -0.2) is 0 Å². The number of fused-ring (bicyclic) bond motifs is 1. The first kappa shape index (κ1) is 11.8. The SMILES string of the molecule is [Cl][Sn]([Cl])([Cl])[CH2]c1ccc2ccccc2c1. The molecule has 78 valence electrons. The van der Waals surface area contributed by atoms with E-state index in [-0.39, 0.29) is 0 Å². The van der Waals surface area contributed by atoms with Crippen molar-refractivity contribution in [1.29, 1.82) is 0 Å². The third-order valence-electron chi connectivity index (χ3n) is 2.22. The molecule has 0 N–H and O–H groups in total. The van der Waals surface area contributed by atoms with Crippen molar-refractivity contribution in [3.8, 4) is 0 Å². The predicted octanol–water partition coefficient (Wildman–Crippen LogP) is 4.58. The first-order chi connectivity index (χ1) is 7.04. The molecular weight excluding hydrogens is 357 g/mol. The summed E-state index contributed by atoms with van der Waals surface area (Å²) in [6.45, 7) is 0. The van der Waals surface area contributed by atoms with Crippen molar-refractivity contribution < 1.29 is 0 Å². The van der Waals surface area contributed by atoms with Gasteiger partial charge in [-0.05, 0) is 0 Å². The molecule has 0 saturated carbocycles. The summed E-state index contributed by atoms with van der Waals surface area (Å²) in [4.78, 5) is 0. The second-order valence-corrected chi connectivity index (χ2v) is 24.9. The monoisotopic (exact) mass is 366 g/mol. The molecule has 0 fully saturated rings. The summed E-state index contributed by atoms with van der Waals surface area (Å²) < 4.78 is 0.643. The Morgan fingerprint density at radius 3 is 2.20 bits per heavy atom. The number of halogens is 3. The Bertz CT molecular complexity index is 476. The van der Waals surface area contributed by atoms with E-state index in [2.05, 4.69) is 24.3 Å². The second kappa shape index (κ2) is 4.70. The van der Waals surface area contributed by atoms with Crippen LogP contribution in [0.3, 0.4) is 0 Å². The number of benzene rings is 2. The Morgan fingerprint density at radius 1 is 0.867 bits per heavy atom. The van der Waals surface area contributed by atoms with Crippen LogP contribution in [0.4, 0.5) is 0 Å². The zero-order valence-electron chi connectivity index (χ0n) is 7.88. The van der Waals surface area contributed by atoms with Crippen molar-refractivity contribution in [2.45, 2.75) is 4.44 Å². The van der Waals surface area contributed by atoms with Gasteiger partial charge in [0.1, 0.15) is 0 Å². The second-order valence-electron chi connectivity index (χ2n) is 3.47. The van der Waals surface area contributed by atoms with Crippen LogP contribution in [0.1, 0.15) is 5.56 Å². The fraction of sp³-hybridized carbons (Fsp3) is 0.0909. The van der Waals surface area contributed by atoms with Crippen molar-refractivity contribution >= 4 is 52.5 Å². The van der Waals surface area contributed by atoms with Crippen LogP contribution in [-0.2, 0) is 4.44 Å². The summed E-state index contributed by atoms with van der Waals surface area (Å²) in [5, 5.41) is 2.43. The van der Waals surface area contributed by atoms with E-state index >= 15 is 0 Å². The average Bonchev–Trinajstić information content (AvgIpc) is 2.15. The minimum absolute atomic E-state index is 0.643. The van der Waals surface area contributed by atoms with E-state index < -0.39 is 15.0 Å². The van der Waals surface area contributed by atoms with Gasteiger partial charge in [-0.1, -0.05) is 0 Å². The van der Waals surface area contributed by atoms with E-state index in [4.69, 9.17) is 26.8 Å². The third-order valence-corrected chi connectivity index (χ3v) is 7.22. The first-order valence-corrected chi connectivity index (χ1v) is 17.5. The Balaban J connectivity index is 2.39. The summed E-state index contributed by atoms with van der Waals surface area (Å²) in [5.74, 6) is 0. The Kier molecular flexibility index (Phi) is 3.71. The van der Waals surface area contributed by atoms with Gasteiger partial charge >= 0.3 is 105 Å². The summed E-state index contributed by atoms with van der Waals surface area (Å²) in [7, 11) is 17.9. The van der Waals surface area contributed by atoms with Gasteiger partial charge in [-0.3, -0.25) is 0 Å². The van der Waals surface area contributed by atoms with Gasteiger partial charge in [0.15, 0.2) is 0 Å². The maximum absolute atomic E-state index is 5.96. The zero-order chi connectivity index (χ0) is 10.9. The molecule has 0 amide bonds. The van der Waals surface area contributed by atoms with Gasteiger partial charge in [0, 0.05) is 0 Å². The fourth-order valence-corrected chi connectivity index (χ4v) is 6.63. The van der Waals surface area contributed by atoms with Crippen LogP contribution < -0.4 is 0 Å². The van der Waals surface area contributed by atoms with Crippen molar-refractivity contribution in [1.82, 2.24) is 0 Å². The normalized spacial score (nSPS) is 11.9. The van der Waals surface area contributed by atoms with Crippen LogP contribution in [0.2, 0.25) is 0 Å². The summed E-state index contributed by atoms with van der Waals surface area (Å²) in [6.07, 6.45) is 0. The van der Waals surface area contributed by atoms with E-state index in [1.54, 1.807) is 0 Å². The van der Waals surface area contributed by atoms with Crippen LogP contribution >= 0.6 is 26.8 Å². The van der Waals surface area contributed by atoms with Crippen molar-refractivity contribution in [2.24, 2.45) is 0 Å². The molecular formula is C11H9Cl3Sn. The van der Waals surface area contributed by atoms with E-state index in [1.165, 1.54) is 10.8 Å². The molecule has 4 heteroatoms. The Hall–Kier alpha value is 0.369. The molecule has 0 aliphatic heterocycles. The molecule has 2 rings (SSSR count). The molecule has 0 unspecified atom stereocenters. The summed E-state index contributed by atoms with van der Waals surface area (Å²) in [6, 6.07) is 14.4. The van der Waals surface area contributed by atoms with Crippen LogP contribution in [0.25, 0.3) is 10.8 Å². The molecule has 0 saturated heterocycles. The van der Waals surface area contributed by atoms with Gasteiger partial charge < -0.3 is 0 Å². The van der Waals surface area contributed by atoms with Gasteiger partial charge in [0.25, 0.3) is 0 Å². The van der Waals surface area contributed by atoms with Crippen molar-refractivity contribution in [3.63, 3.8) is 0 Å². The van der Waals surface area contributed by atoms with Crippen LogP contribution in [0, 0.1) is 0 Å². The number of hydrogen-bond acceptors (Lipinski definition) is 0. The molecule has 0 spiro atoms. The predicted molar refractivity (Wildman–Crippen MR) is 71.0 cm³/mol. The van der Waals surface area contributed by atoms with Crippen molar-refractivity contribution in [3.05, 3.63) is 48.0 Å². The van der Waals surface area contributed by atoms with Gasteiger partial charge in [0.05, 0.1) is 0 Å². The molecule has 0 nitrogen and oxygen atoms in total. The molecule has 0 aliphatic carbocycles. The zero-order valence-corrected chi connectivity index (χ0v) is 13.0. The van der Waals surface area contributed by atoms with E-state index in [1.807, 2.05) is 18.2 Å². The molecule has 15 heavy (non-hydrogen) atoms. The van der Waals surface area contributed by atoms with Gasteiger partial charge in [0.2, 0.25) is 0 Å². The Labute approximate surface area is 104 Å². The van der Waals surface area contributed by atoms with Crippen LogP contribution in [-0.4, -0.2) is 15.0 Å². The van der Waals surface area contributed by atoms with Gasteiger partial charge in [-0.2, -0.15) is 0 Å². The molecule has 0 bridgehead atoms.